The molecule has 0 bridgehead atoms. The van der Waals surface area contributed by atoms with Gasteiger partial charge in [-0.05, 0) is 55.2 Å². The monoisotopic (exact) mass is 521 g/mol. The van der Waals surface area contributed by atoms with Crippen molar-refractivity contribution in [2.75, 3.05) is 18.5 Å². The Balaban J connectivity index is 0.000000642. The van der Waals surface area contributed by atoms with E-state index in [1.165, 1.54) is 5.01 Å². The number of nitrogens with zero attached hydrogens (tertiary/aromatic N) is 1. The normalized spacial score (nSPS) is 11.8. The lowest BCUT2D eigenvalue weighted by molar-refractivity contribution is -0.151. The van der Waals surface area contributed by atoms with Crippen LogP contribution in [0.2, 0.25) is 5.02 Å². The van der Waals surface area contributed by atoms with Gasteiger partial charge < -0.3 is 26.5 Å². The van der Waals surface area contributed by atoms with Crippen LogP contribution in [0.1, 0.15) is 32.8 Å². The zero-order valence-corrected chi connectivity index (χ0v) is 22.1. The average Bonchev–Trinajstić information content (AvgIpc) is 2.78. The Morgan fingerprint density at radius 1 is 1.20 bits per heavy atom. The maximum atomic E-state index is 12.5. The standard InChI is InChI=1S/C19H31N5O3.C6H5ClS/c1-4-27-19(26)17(9-13(2)3)18(25)23-16-7-5-14(6-8-16)11-24(22)12-15(21)10-20;7-5-2-1-3-6(8)4-5/h5-8,12-13,17H,4,9-11,20-22H2,1-3H3,(H,23,25);1-4,8H/b15-12-;. The first kappa shape index (κ1) is 30.3. The summed E-state index contributed by atoms with van der Waals surface area (Å²) in [4.78, 5) is 25.5. The molecule has 8 nitrogen and oxygen atoms in total. The number of thiol groups is 1. The zero-order valence-electron chi connectivity index (χ0n) is 20.4. The molecule has 10 heteroatoms. The minimum absolute atomic E-state index is 0.192. The van der Waals surface area contributed by atoms with Gasteiger partial charge >= 0.3 is 5.97 Å². The van der Waals surface area contributed by atoms with E-state index in [1.54, 1.807) is 31.3 Å². The third-order valence-electron chi connectivity index (χ3n) is 4.56. The van der Waals surface area contributed by atoms with Gasteiger partial charge in [0.25, 0.3) is 0 Å². The first-order chi connectivity index (χ1) is 16.5. The molecule has 2 aromatic rings. The van der Waals surface area contributed by atoms with Gasteiger partial charge in [0.05, 0.1) is 13.2 Å². The van der Waals surface area contributed by atoms with Crippen molar-refractivity contribution in [2.45, 2.75) is 38.6 Å². The van der Waals surface area contributed by atoms with E-state index in [4.69, 9.17) is 33.6 Å². The molecule has 0 fully saturated rings. The molecule has 0 aliphatic rings. The molecular formula is C25H36ClN5O3S. The minimum Gasteiger partial charge on any atom is -0.465 e. The molecule has 0 aliphatic carbocycles. The molecule has 0 aromatic heterocycles. The van der Waals surface area contributed by atoms with Gasteiger partial charge in [0, 0.05) is 34.0 Å². The summed E-state index contributed by atoms with van der Waals surface area (Å²) in [6.45, 7) is 6.55. The summed E-state index contributed by atoms with van der Waals surface area (Å²) >= 11 is 9.67. The molecule has 1 unspecified atom stereocenters. The van der Waals surface area contributed by atoms with E-state index in [9.17, 15) is 9.59 Å². The summed E-state index contributed by atoms with van der Waals surface area (Å²) in [5, 5.41) is 4.95. The van der Waals surface area contributed by atoms with Crippen LogP contribution in [0.5, 0.6) is 0 Å². The third-order valence-corrected chi connectivity index (χ3v) is 5.07. The van der Waals surface area contributed by atoms with Crippen molar-refractivity contribution in [1.82, 2.24) is 5.01 Å². The lowest BCUT2D eigenvalue weighted by Gasteiger charge is -2.18. The molecule has 0 spiro atoms. The van der Waals surface area contributed by atoms with Crippen LogP contribution in [0.4, 0.5) is 5.69 Å². The molecule has 192 valence electrons. The second-order valence-corrected chi connectivity index (χ2v) is 9.13. The number of amides is 1. The maximum Gasteiger partial charge on any atom is 0.318 e. The number of hydrogen-bond donors (Lipinski definition) is 5. The molecule has 0 radical (unpaired) electrons. The number of carbonyl (C=O) groups excluding carboxylic acids is 2. The third kappa shape index (κ3) is 12.5. The number of carbonyl (C=O) groups is 2. The smallest absolute Gasteiger partial charge is 0.318 e. The summed E-state index contributed by atoms with van der Waals surface area (Å²) in [7, 11) is 0. The molecule has 1 atom stereocenters. The van der Waals surface area contributed by atoms with Gasteiger partial charge in [0.2, 0.25) is 5.91 Å². The second-order valence-electron chi connectivity index (χ2n) is 8.18. The Morgan fingerprint density at radius 3 is 2.34 bits per heavy atom. The zero-order chi connectivity index (χ0) is 26.4. The SMILES string of the molecule is CCOC(=O)C(CC(C)C)C(=O)Nc1ccc(CN(N)/C=C(\N)CN)cc1.Sc1cccc(Cl)c1. The van der Waals surface area contributed by atoms with Crippen molar-refractivity contribution >= 4 is 41.8 Å². The molecular weight excluding hydrogens is 486 g/mol. The molecule has 1 amide bonds. The van der Waals surface area contributed by atoms with Crippen LogP contribution in [0.3, 0.4) is 0 Å². The summed E-state index contributed by atoms with van der Waals surface area (Å²) in [6.07, 6.45) is 2.01. The first-order valence-corrected chi connectivity index (χ1v) is 12.1. The summed E-state index contributed by atoms with van der Waals surface area (Å²) < 4.78 is 5.02. The highest BCUT2D eigenvalue weighted by Crippen LogP contribution is 2.18. The highest BCUT2D eigenvalue weighted by Gasteiger charge is 2.28. The predicted molar refractivity (Wildman–Crippen MR) is 144 cm³/mol. The van der Waals surface area contributed by atoms with E-state index >= 15 is 0 Å². The van der Waals surface area contributed by atoms with Gasteiger partial charge in [-0.3, -0.25) is 9.59 Å². The Kier molecular flexibility index (Phi) is 13.9. The van der Waals surface area contributed by atoms with E-state index in [0.717, 1.165) is 15.5 Å². The van der Waals surface area contributed by atoms with E-state index in [1.807, 2.05) is 44.2 Å². The molecule has 0 saturated heterocycles. The predicted octanol–water partition coefficient (Wildman–Crippen LogP) is 3.91. The van der Waals surface area contributed by atoms with Crippen LogP contribution in [0.15, 0.2) is 65.3 Å². The fourth-order valence-electron chi connectivity index (χ4n) is 2.95. The fraction of sp³-hybridized carbons (Fsp3) is 0.360. The Hall–Kier alpha value is -2.72. The fourth-order valence-corrected chi connectivity index (χ4v) is 3.44. The van der Waals surface area contributed by atoms with Crippen molar-refractivity contribution in [3.63, 3.8) is 0 Å². The van der Waals surface area contributed by atoms with E-state index in [2.05, 4.69) is 17.9 Å². The van der Waals surface area contributed by atoms with Crippen LogP contribution < -0.4 is 22.6 Å². The van der Waals surface area contributed by atoms with E-state index in [-0.39, 0.29) is 25.0 Å². The topological polar surface area (TPSA) is 137 Å². The number of nitrogens with two attached hydrogens (primary N) is 3. The molecule has 2 aromatic carbocycles. The van der Waals surface area contributed by atoms with Gasteiger partial charge in [-0.2, -0.15) is 0 Å². The number of halogens is 1. The van der Waals surface area contributed by atoms with Gasteiger partial charge in [-0.25, -0.2) is 5.84 Å². The van der Waals surface area contributed by atoms with E-state index in [0.29, 0.717) is 24.4 Å². The number of anilines is 1. The largest absolute Gasteiger partial charge is 0.465 e. The highest BCUT2D eigenvalue weighted by atomic mass is 35.5. The Labute approximate surface area is 218 Å². The van der Waals surface area contributed by atoms with Gasteiger partial charge in [0.15, 0.2) is 0 Å². The quantitative estimate of drug-likeness (QED) is 0.105. The van der Waals surface area contributed by atoms with Gasteiger partial charge in [-0.1, -0.05) is 43.6 Å². The van der Waals surface area contributed by atoms with Gasteiger partial charge in [0.1, 0.15) is 5.92 Å². The molecule has 7 N–H and O–H groups in total. The first-order valence-electron chi connectivity index (χ1n) is 11.2. The Morgan fingerprint density at radius 2 is 1.86 bits per heavy atom. The molecule has 2 rings (SSSR count). The molecule has 0 heterocycles. The number of nitrogens with one attached hydrogen (secondary N) is 1. The van der Waals surface area contributed by atoms with Crippen LogP contribution in [-0.4, -0.2) is 30.0 Å². The number of esters is 1. The second kappa shape index (κ2) is 16.0. The Bertz CT molecular complexity index is 953. The van der Waals surface area contributed by atoms with E-state index < -0.39 is 11.9 Å². The van der Waals surface area contributed by atoms with Crippen LogP contribution in [0.25, 0.3) is 0 Å². The molecule has 0 saturated carbocycles. The van der Waals surface area contributed by atoms with Crippen molar-refractivity contribution < 1.29 is 14.3 Å². The maximum absolute atomic E-state index is 12.5. The lowest BCUT2D eigenvalue weighted by atomic mass is 9.96. The number of benzene rings is 2. The van der Waals surface area contributed by atoms with Crippen molar-refractivity contribution in [3.8, 4) is 0 Å². The molecule has 0 aliphatic heterocycles. The van der Waals surface area contributed by atoms with Crippen LogP contribution >= 0.6 is 24.2 Å². The number of rotatable bonds is 10. The highest BCUT2D eigenvalue weighted by molar-refractivity contribution is 7.80. The molecule has 35 heavy (non-hydrogen) atoms. The van der Waals surface area contributed by atoms with Crippen molar-refractivity contribution in [2.24, 2.45) is 29.1 Å². The number of ether oxygens (including phenoxy) is 1. The average molecular weight is 522 g/mol. The number of hydrogen-bond acceptors (Lipinski definition) is 8. The summed E-state index contributed by atoms with van der Waals surface area (Å²) in [5.74, 6) is 4.35. The van der Waals surface area contributed by atoms with Crippen LogP contribution in [0, 0.1) is 11.8 Å². The van der Waals surface area contributed by atoms with Crippen LogP contribution in [-0.2, 0) is 20.9 Å². The summed E-state index contributed by atoms with van der Waals surface area (Å²) in [6, 6.07) is 14.6. The van der Waals surface area contributed by atoms with Gasteiger partial charge in [-0.15, -0.1) is 12.6 Å². The van der Waals surface area contributed by atoms with Crippen molar-refractivity contribution in [3.05, 3.63) is 71.0 Å². The lowest BCUT2D eigenvalue weighted by Crippen LogP contribution is -2.32. The summed E-state index contributed by atoms with van der Waals surface area (Å²) in [5.41, 5.74) is 13.1. The van der Waals surface area contributed by atoms with Crippen molar-refractivity contribution in [1.29, 1.82) is 0 Å². The number of hydrazine groups is 1. The minimum atomic E-state index is -0.825.